The Labute approximate surface area is 142 Å². The average Bonchev–Trinajstić information content (AvgIpc) is 3.17. The van der Waals surface area contributed by atoms with E-state index in [9.17, 15) is 4.79 Å². The van der Waals surface area contributed by atoms with Gasteiger partial charge in [-0.05, 0) is 18.9 Å². The molecule has 6 heteroatoms. The molecule has 0 bridgehead atoms. The molecule has 1 unspecified atom stereocenters. The fourth-order valence-electron chi connectivity index (χ4n) is 3.60. The molecule has 0 spiro atoms. The van der Waals surface area contributed by atoms with Gasteiger partial charge in [-0.3, -0.25) is 9.69 Å². The van der Waals surface area contributed by atoms with E-state index in [-0.39, 0.29) is 12.0 Å². The van der Waals surface area contributed by atoms with E-state index < -0.39 is 0 Å². The van der Waals surface area contributed by atoms with Crippen molar-refractivity contribution in [3.63, 3.8) is 0 Å². The van der Waals surface area contributed by atoms with Gasteiger partial charge in [-0.15, -0.1) is 0 Å². The molecule has 6 nitrogen and oxygen atoms in total. The van der Waals surface area contributed by atoms with Crippen LogP contribution in [0.1, 0.15) is 18.4 Å². The molecule has 1 atom stereocenters. The fourth-order valence-corrected chi connectivity index (χ4v) is 3.60. The van der Waals surface area contributed by atoms with E-state index >= 15 is 0 Å². The number of hydrogen-bond acceptors (Lipinski definition) is 5. The lowest BCUT2D eigenvalue weighted by atomic mass is 10.1. The number of piperazine rings is 1. The Balaban J connectivity index is 1.34. The van der Waals surface area contributed by atoms with E-state index in [0.717, 1.165) is 69.2 Å². The molecule has 1 amide bonds. The summed E-state index contributed by atoms with van der Waals surface area (Å²) in [5, 5.41) is 0. The standard InChI is InChI=1S/C18H24N2O4/c21-18(16-5-2-10-22-16)20-8-6-19(7-9-20)13-14-3-1-4-15-17(14)24-12-11-23-15/h1,3-4,16H,2,5-13H2. The van der Waals surface area contributed by atoms with Crippen molar-refractivity contribution in [2.24, 2.45) is 0 Å². The van der Waals surface area contributed by atoms with Gasteiger partial charge in [-0.2, -0.15) is 0 Å². The first kappa shape index (κ1) is 15.7. The largest absolute Gasteiger partial charge is 0.486 e. The molecule has 3 heterocycles. The highest BCUT2D eigenvalue weighted by Crippen LogP contribution is 2.34. The van der Waals surface area contributed by atoms with Crippen LogP contribution in [0, 0.1) is 0 Å². The number of benzene rings is 1. The Hall–Kier alpha value is -1.79. The molecule has 24 heavy (non-hydrogen) atoms. The van der Waals surface area contributed by atoms with Gasteiger partial charge in [0, 0.05) is 44.9 Å². The molecule has 4 rings (SSSR count). The molecule has 0 N–H and O–H groups in total. The first-order valence-corrected chi connectivity index (χ1v) is 8.81. The number of fused-ring (bicyclic) bond motifs is 1. The maximum atomic E-state index is 12.4. The van der Waals surface area contributed by atoms with E-state index in [1.54, 1.807) is 0 Å². The lowest BCUT2D eigenvalue weighted by Crippen LogP contribution is -2.51. The molecule has 0 saturated carbocycles. The van der Waals surface area contributed by atoms with Crippen molar-refractivity contribution in [1.29, 1.82) is 0 Å². The molecule has 1 aromatic rings. The van der Waals surface area contributed by atoms with E-state index in [1.165, 1.54) is 0 Å². The summed E-state index contributed by atoms with van der Waals surface area (Å²) in [6.45, 7) is 6.06. The van der Waals surface area contributed by atoms with Crippen LogP contribution >= 0.6 is 0 Å². The molecule has 1 aromatic carbocycles. The van der Waals surface area contributed by atoms with E-state index in [1.807, 2.05) is 17.0 Å². The summed E-state index contributed by atoms with van der Waals surface area (Å²) < 4.78 is 17.0. The highest BCUT2D eigenvalue weighted by molar-refractivity contribution is 5.81. The minimum Gasteiger partial charge on any atom is -0.486 e. The normalized spacial score (nSPS) is 24.2. The minimum absolute atomic E-state index is 0.168. The number of carbonyl (C=O) groups excluding carboxylic acids is 1. The molecule has 0 radical (unpaired) electrons. The molecule has 3 aliphatic heterocycles. The summed E-state index contributed by atoms with van der Waals surface area (Å²) in [5.41, 5.74) is 1.16. The summed E-state index contributed by atoms with van der Waals surface area (Å²) in [4.78, 5) is 16.7. The van der Waals surface area contributed by atoms with Gasteiger partial charge in [0.1, 0.15) is 19.3 Å². The average molecular weight is 332 g/mol. The Kier molecular flexibility index (Phi) is 4.58. The van der Waals surface area contributed by atoms with Gasteiger partial charge in [0.05, 0.1) is 0 Å². The number of para-hydroxylation sites is 1. The van der Waals surface area contributed by atoms with Gasteiger partial charge in [-0.1, -0.05) is 12.1 Å². The van der Waals surface area contributed by atoms with E-state index in [4.69, 9.17) is 14.2 Å². The SMILES string of the molecule is O=C(C1CCCO1)N1CCN(Cc2cccc3c2OCCO3)CC1. The van der Waals surface area contributed by atoms with Crippen LogP contribution in [-0.2, 0) is 16.1 Å². The summed E-state index contributed by atoms with van der Waals surface area (Å²) in [5.74, 6) is 1.88. The predicted octanol–water partition coefficient (Wildman–Crippen LogP) is 1.28. The van der Waals surface area contributed by atoms with Crippen LogP contribution in [0.25, 0.3) is 0 Å². The van der Waals surface area contributed by atoms with Crippen molar-refractivity contribution in [1.82, 2.24) is 9.80 Å². The number of nitrogens with zero attached hydrogens (tertiary/aromatic N) is 2. The number of rotatable bonds is 3. The summed E-state index contributed by atoms with van der Waals surface area (Å²) >= 11 is 0. The second kappa shape index (κ2) is 6.99. The topological polar surface area (TPSA) is 51.2 Å². The quantitative estimate of drug-likeness (QED) is 0.835. The van der Waals surface area contributed by atoms with Crippen LogP contribution < -0.4 is 9.47 Å². The highest BCUT2D eigenvalue weighted by Gasteiger charge is 2.30. The minimum atomic E-state index is -0.205. The Bertz CT molecular complexity index is 593. The highest BCUT2D eigenvalue weighted by atomic mass is 16.6. The van der Waals surface area contributed by atoms with Crippen molar-refractivity contribution < 1.29 is 19.0 Å². The third-order valence-corrected chi connectivity index (χ3v) is 4.93. The first-order chi connectivity index (χ1) is 11.8. The van der Waals surface area contributed by atoms with Gasteiger partial charge >= 0.3 is 0 Å². The first-order valence-electron chi connectivity index (χ1n) is 8.81. The van der Waals surface area contributed by atoms with Crippen molar-refractivity contribution in [2.45, 2.75) is 25.5 Å². The van der Waals surface area contributed by atoms with Crippen molar-refractivity contribution in [3.05, 3.63) is 23.8 Å². The number of amides is 1. The van der Waals surface area contributed by atoms with Gasteiger partial charge in [-0.25, -0.2) is 0 Å². The lowest BCUT2D eigenvalue weighted by Gasteiger charge is -2.36. The molecular formula is C18H24N2O4. The molecule has 0 aliphatic carbocycles. The zero-order valence-corrected chi connectivity index (χ0v) is 13.9. The van der Waals surface area contributed by atoms with Crippen LogP contribution in [0.3, 0.4) is 0 Å². The zero-order valence-electron chi connectivity index (χ0n) is 13.9. The zero-order chi connectivity index (χ0) is 16.4. The van der Waals surface area contributed by atoms with Crippen molar-refractivity contribution in [2.75, 3.05) is 46.0 Å². The van der Waals surface area contributed by atoms with Crippen LogP contribution in [0.2, 0.25) is 0 Å². The van der Waals surface area contributed by atoms with Crippen LogP contribution in [0.4, 0.5) is 0 Å². The van der Waals surface area contributed by atoms with Gasteiger partial charge in [0.2, 0.25) is 0 Å². The maximum Gasteiger partial charge on any atom is 0.251 e. The van der Waals surface area contributed by atoms with E-state index in [0.29, 0.717) is 13.2 Å². The van der Waals surface area contributed by atoms with Gasteiger partial charge in [0.15, 0.2) is 11.5 Å². The molecular weight excluding hydrogens is 308 g/mol. The molecule has 2 fully saturated rings. The smallest absolute Gasteiger partial charge is 0.251 e. The number of carbonyl (C=O) groups is 1. The summed E-state index contributed by atoms with van der Waals surface area (Å²) in [7, 11) is 0. The third-order valence-electron chi connectivity index (χ3n) is 4.93. The number of hydrogen-bond donors (Lipinski definition) is 0. The molecule has 3 aliphatic rings. The lowest BCUT2D eigenvalue weighted by molar-refractivity contribution is -0.142. The van der Waals surface area contributed by atoms with Crippen molar-refractivity contribution in [3.8, 4) is 11.5 Å². The summed E-state index contributed by atoms with van der Waals surface area (Å²) in [6, 6.07) is 6.06. The second-order valence-electron chi connectivity index (χ2n) is 6.54. The molecule has 2 saturated heterocycles. The fraction of sp³-hybridized carbons (Fsp3) is 0.611. The molecule has 0 aromatic heterocycles. The Morgan fingerprint density at radius 1 is 1.08 bits per heavy atom. The van der Waals surface area contributed by atoms with Crippen LogP contribution in [-0.4, -0.2) is 67.8 Å². The maximum absolute atomic E-state index is 12.4. The van der Waals surface area contributed by atoms with E-state index in [2.05, 4.69) is 11.0 Å². The monoisotopic (exact) mass is 332 g/mol. The van der Waals surface area contributed by atoms with Gasteiger partial charge < -0.3 is 19.1 Å². The number of ether oxygens (including phenoxy) is 3. The van der Waals surface area contributed by atoms with Crippen molar-refractivity contribution >= 4 is 5.91 Å². The van der Waals surface area contributed by atoms with Crippen LogP contribution in [0.5, 0.6) is 11.5 Å². The Morgan fingerprint density at radius 3 is 2.71 bits per heavy atom. The second-order valence-corrected chi connectivity index (χ2v) is 6.54. The van der Waals surface area contributed by atoms with Gasteiger partial charge in [0.25, 0.3) is 5.91 Å². The molecule has 130 valence electrons. The predicted molar refractivity (Wildman–Crippen MR) is 88.3 cm³/mol. The summed E-state index contributed by atoms with van der Waals surface area (Å²) in [6.07, 6.45) is 1.66. The Morgan fingerprint density at radius 2 is 1.92 bits per heavy atom. The van der Waals surface area contributed by atoms with Crippen LogP contribution in [0.15, 0.2) is 18.2 Å². The third kappa shape index (κ3) is 3.21.